The Morgan fingerprint density at radius 3 is 2.88 bits per heavy atom. The number of aromatic nitrogens is 2. The Morgan fingerprint density at radius 2 is 2.18 bits per heavy atom. The van der Waals surface area contributed by atoms with Gasteiger partial charge in [0.1, 0.15) is 0 Å². The SMILES string of the molecule is CCn1cc(CNc2cccc(Cl)c2Cl)cn1. The second-order valence-corrected chi connectivity index (χ2v) is 4.44. The molecule has 1 N–H and O–H groups in total. The van der Waals surface area contributed by atoms with Crippen molar-refractivity contribution in [2.75, 3.05) is 5.32 Å². The number of halogens is 2. The number of nitrogens with zero attached hydrogens (tertiary/aromatic N) is 2. The summed E-state index contributed by atoms with van der Waals surface area (Å²) in [4.78, 5) is 0. The maximum absolute atomic E-state index is 6.08. The lowest BCUT2D eigenvalue weighted by Crippen LogP contribution is -1.99. The molecule has 1 heterocycles. The van der Waals surface area contributed by atoms with Gasteiger partial charge in [-0.25, -0.2) is 0 Å². The van der Waals surface area contributed by atoms with Crippen LogP contribution in [0.4, 0.5) is 5.69 Å². The molecule has 0 bridgehead atoms. The Hall–Kier alpha value is -1.19. The Balaban J connectivity index is 2.04. The topological polar surface area (TPSA) is 29.9 Å². The molecule has 2 aromatic rings. The van der Waals surface area contributed by atoms with Crippen LogP contribution in [-0.2, 0) is 13.1 Å². The Morgan fingerprint density at radius 1 is 1.35 bits per heavy atom. The summed E-state index contributed by atoms with van der Waals surface area (Å²) in [5.74, 6) is 0. The Bertz CT molecular complexity index is 508. The van der Waals surface area contributed by atoms with Crippen molar-refractivity contribution in [3.8, 4) is 0 Å². The molecule has 3 nitrogen and oxygen atoms in total. The third-order valence-corrected chi connectivity index (χ3v) is 3.26. The fourth-order valence-corrected chi connectivity index (χ4v) is 1.88. The summed E-state index contributed by atoms with van der Waals surface area (Å²) >= 11 is 12.0. The van der Waals surface area contributed by atoms with Gasteiger partial charge in [-0.2, -0.15) is 5.10 Å². The van der Waals surface area contributed by atoms with Gasteiger partial charge in [-0.05, 0) is 19.1 Å². The molecular formula is C12H13Cl2N3. The van der Waals surface area contributed by atoms with E-state index in [9.17, 15) is 0 Å². The second kappa shape index (κ2) is 5.43. The fourth-order valence-electron chi connectivity index (χ4n) is 1.51. The molecule has 17 heavy (non-hydrogen) atoms. The number of nitrogens with one attached hydrogen (secondary N) is 1. The number of hydrogen-bond acceptors (Lipinski definition) is 2. The molecule has 1 aromatic carbocycles. The van der Waals surface area contributed by atoms with Gasteiger partial charge in [-0.3, -0.25) is 4.68 Å². The number of aryl methyl sites for hydroxylation is 1. The van der Waals surface area contributed by atoms with Crippen molar-refractivity contribution in [2.45, 2.75) is 20.0 Å². The largest absolute Gasteiger partial charge is 0.380 e. The van der Waals surface area contributed by atoms with Crippen molar-refractivity contribution in [3.05, 3.63) is 46.2 Å². The van der Waals surface area contributed by atoms with Gasteiger partial charge in [0.05, 0.1) is 21.9 Å². The molecule has 0 saturated carbocycles. The minimum atomic E-state index is 0.553. The lowest BCUT2D eigenvalue weighted by molar-refractivity contribution is 0.659. The summed E-state index contributed by atoms with van der Waals surface area (Å²) in [6, 6.07) is 5.54. The standard InChI is InChI=1S/C12H13Cl2N3/c1-2-17-8-9(7-16-17)6-15-11-5-3-4-10(13)12(11)14/h3-5,7-8,15H,2,6H2,1H3. The number of benzene rings is 1. The summed E-state index contributed by atoms with van der Waals surface area (Å²) in [6.45, 7) is 3.61. The van der Waals surface area contributed by atoms with Gasteiger partial charge in [0.2, 0.25) is 0 Å². The van der Waals surface area contributed by atoms with E-state index in [-0.39, 0.29) is 0 Å². The summed E-state index contributed by atoms with van der Waals surface area (Å²) in [5, 5.41) is 8.55. The Labute approximate surface area is 110 Å². The lowest BCUT2D eigenvalue weighted by Gasteiger charge is -2.07. The zero-order chi connectivity index (χ0) is 12.3. The van der Waals surface area contributed by atoms with E-state index < -0.39 is 0 Å². The van der Waals surface area contributed by atoms with E-state index >= 15 is 0 Å². The molecule has 0 fully saturated rings. The normalized spacial score (nSPS) is 10.5. The van der Waals surface area contributed by atoms with Crippen LogP contribution >= 0.6 is 23.2 Å². The van der Waals surface area contributed by atoms with Gasteiger partial charge in [0.15, 0.2) is 0 Å². The van der Waals surface area contributed by atoms with Crippen LogP contribution in [-0.4, -0.2) is 9.78 Å². The predicted molar refractivity (Wildman–Crippen MR) is 71.7 cm³/mol. The van der Waals surface area contributed by atoms with Gasteiger partial charge in [-0.15, -0.1) is 0 Å². The molecular weight excluding hydrogens is 257 g/mol. The van der Waals surface area contributed by atoms with Crippen LogP contribution in [0.5, 0.6) is 0 Å². The van der Waals surface area contributed by atoms with Crippen molar-refractivity contribution in [1.29, 1.82) is 0 Å². The van der Waals surface area contributed by atoms with Crippen molar-refractivity contribution < 1.29 is 0 Å². The monoisotopic (exact) mass is 269 g/mol. The van der Waals surface area contributed by atoms with Gasteiger partial charge in [0.25, 0.3) is 0 Å². The molecule has 0 radical (unpaired) electrons. The highest BCUT2D eigenvalue weighted by atomic mass is 35.5. The molecule has 0 aliphatic rings. The molecule has 0 atom stereocenters. The number of hydrogen-bond donors (Lipinski definition) is 1. The molecule has 0 saturated heterocycles. The summed E-state index contributed by atoms with van der Waals surface area (Å²) < 4.78 is 1.89. The molecule has 0 unspecified atom stereocenters. The van der Waals surface area contributed by atoms with Crippen LogP contribution in [0, 0.1) is 0 Å². The Kier molecular flexibility index (Phi) is 3.92. The van der Waals surface area contributed by atoms with Gasteiger partial charge < -0.3 is 5.32 Å². The first kappa shape index (κ1) is 12.3. The highest BCUT2D eigenvalue weighted by Crippen LogP contribution is 2.29. The van der Waals surface area contributed by atoms with Crippen molar-refractivity contribution in [3.63, 3.8) is 0 Å². The molecule has 90 valence electrons. The average molecular weight is 270 g/mol. The van der Waals surface area contributed by atoms with E-state index in [1.807, 2.05) is 29.2 Å². The van der Waals surface area contributed by atoms with Crippen LogP contribution in [0.2, 0.25) is 10.0 Å². The summed E-state index contributed by atoms with van der Waals surface area (Å²) in [7, 11) is 0. The second-order valence-electron chi connectivity index (χ2n) is 3.66. The van der Waals surface area contributed by atoms with Gasteiger partial charge >= 0.3 is 0 Å². The first-order chi connectivity index (χ1) is 8.20. The maximum atomic E-state index is 6.08. The van der Waals surface area contributed by atoms with Crippen LogP contribution < -0.4 is 5.32 Å². The third-order valence-electron chi connectivity index (χ3n) is 2.45. The van der Waals surface area contributed by atoms with E-state index in [0.29, 0.717) is 16.6 Å². The molecule has 0 aliphatic carbocycles. The first-order valence-electron chi connectivity index (χ1n) is 5.40. The number of rotatable bonds is 4. The van der Waals surface area contributed by atoms with E-state index in [0.717, 1.165) is 17.8 Å². The average Bonchev–Trinajstić information content (AvgIpc) is 2.79. The number of anilines is 1. The molecule has 2 rings (SSSR count). The van der Waals surface area contributed by atoms with E-state index in [1.165, 1.54) is 0 Å². The minimum Gasteiger partial charge on any atom is -0.380 e. The quantitative estimate of drug-likeness (QED) is 0.915. The molecule has 0 amide bonds. The predicted octanol–water partition coefficient (Wildman–Crippen LogP) is 3.82. The minimum absolute atomic E-state index is 0.553. The summed E-state index contributed by atoms with van der Waals surface area (Å²) in [6.07, 6.45) is 3.85. The molecule has 0 spiro atoms. The smallest absolute Gasteiger partial charge is 0.0823 e. The van der Waals surface area contributed by atoms with Crippen LogP contribution in [0.1, 0.15) is 12.5 Å². The van der Waals surface area contributed by atoms with E-state index in [1.54, 1.807) is 6.07 Å². The van der Waals surface area contributed by atoms with E-state index in [2.05, 4.69) is 17.3 Å². The maximum Gasteiger partial charge on any atom is 0.0823 e. The van der Waals surface area contributed by atoms with Gasteiger partial charge in [0, 0.05) is 24.8 Å². The van der Waals surface area contributed by atoms with Crippen molar-refractivity contribution >= 4 is 28.9 Å². The van der Waals surface area contributed by atoms with Crippen LogP contribution in [0.3, 0.4) is 0 Å². The third kappa shape index (κ3) is 2.93. The molecule has 1 aromatic heterocycles. The molecule has 0 aliphatic heterocycles. The highest BCUT2D eigenvalue weighted by molar-refractivity contribution is 6.43. The van der Waals surface area contributed by atoms with Crippen molar-refractivity contribution in [2.24, 2.45) is 0 Å². The lowest BCUT2D eigenvalue weighted by atomic mass is 10.3. The van der Waals surface area contributed by atoms with Crippen LogP contribution in [0.15, 0.2) is 30.6 Å². The first-order valence-corrected chi connectivity index (χ1v) is 6.15. The summed E-state index contributed by atoms with van der Waals surface area (Å²) in [5.41, 5.74) is 1.95. The van der Waals surface area contributed by atoms with Crippen molar-refractivity contribution in [1.82, 2.24) is 9.78 Å². The van der Waals surface area contributed by atoms with Gasteiger partial charge in [-0.1, -0.05) is 29.3 Å². The zero-order valence-corrected chi connectivity index (χ0v) is 11.0. The fraction of sp³-hybridized carbons (Fsp3) is 0.250. The zero-order valence-electron chi connectivity index (χ0n) is 9.45. The van der Waals surface area contributed by atoms with E-state index in [4.69, 9.17) is 23.2 Å². The molecule has 5 heteroatoms. The highest BCUT2D eigenvalue weighted by Gasteiger charge is 2.04. The van der Waals surface area contributed by atoms with Crippen LogP contribution in [0.25, 0.3) is 0 Å².